The lowest BCUT2D eigenvalue weighted by Crippen LogP contribution is -2.29. The zero-order chi connectivity index (χ0) is 14.5. The van der Waals surface area contributed by atoms with Crippen LogP contribution in [0.25, 0.3) is 10.1 Å². The molecular formula is C16H21NO2S. The highest BCUT2D eigenvalue weighted by molar-refractivity contribution is 7.19. The highest BCUT2D eigenvalue weighted by atomic mass is 32.1. The van der Waals surface area contributed by atoms with Crippen LogP contribution in [0, 0.1) is 11.8 Å². The molecule has 0 fully saturated rings. The summed E-state index contributed by atoms with van der Waals surface area (Å²) in [5.74, 6) is -0.603. The molecule has 1 heterocycles. The number of carboxylic acid groups (broad SMARTS) is 1. The molecule has 0 saturated carbocycles. The van der Waals surface area contributed by atoms with Crippen LogP contribution >= 0.6 is 11.3 Å². The van der Waals surface area contributed by atoms with Gasteiger partial charge in [-0.05, 0) is 29.9 Å². The molecular weight excluding hydrogens is 270 g/mol. The van der Waals surface area contributed by atoms with Gasteiger partial charge in [-0.25, -0.2) is 0 Å². The minimum Gasteiger partial charge on any atom is -0.481 e. The quantitative estimate of drug-likeness (QED) is 0.817. The van der Waals surface area contributed by atoms with Gasteiger partial charge in [-0.3, -0.25) is 4.79 Å². The van der Waals surface area contributed by atoms with Crippen molar-refractivity contribution in [3.8, 4) is 0 Å². The first-order chi connectivity index (χ1) is 9.56. The molecule has 0 bridgehead atoms. The van der Waals surface area contributed by atoms with Gasteiger partial charge in [0, 0.05) is 22.7 Å². The number of carboxylic acids is 1. The summed E-state index contributed by atoms with van der Waals surface area (Å²) < 4.78 is 1.28. The molecule has 1 aromatic carbocycles. The van der Waals surface area contributed by atoms with E-state index in [0.29, 0.717) is 12.5 Å². The average molecular weight is 291 g/mol. The standard InChI is InChI=1S/C16H21NO2S/c1-11(2)7-13(16(18)19)9-17-10-14-8-12-5-3-4-6-15(12)20-14/h3-6,8,11,13,17H,7,9-10H2,1-2H3,(H,18,19). The largest absolute Gasteiger partial charge is 0.481 e. The van der Waals surface area contributed by atoms with Gasteiger partial charge in [0.05, 0.1) is 5.92 Å². The first-order valence-corrected chi connectivity index (χ1v) is 7.79. The zero-order valence-electron chi connectivity index (χ0n) is 11.9. The van der Waals surface area contributed by atoms with E-state index in [2.05, 4.69) is 37.4 Å². The third-order valence-electron chi connectivity index (χ3n) is 3.27. The van der Waals surface area contributed by atoms with Crippen molar-refractivity contribution in [1.82, 2.24) is 5.32 Å². The smallest absolute Gasteiger partial charge is 0.307 e. The van der Waals surface area contributed by atoms with E-state index in [9.17, 15) is 9.90 Å². The van der Waals surface area contributed by atoms with E-state index >= 15 is 0 Å². The predicted molar refractivity (Wildman–Crippen MR) is 84.1 cm³/mol. The molecule has 0 aliphatic heterocycles. The lowest BCUT2D eigenvalue weighted by Gasteiger charge is -2.14. The molecule has 1 atom stereocenters. The van der Waals surface area contributed by atoms with Gasteiger partial charge in [0.2, 0.25) is 0 Å². The van der Waals surface area contributed by atoms with E-state index in [1.54, 1.807) is 11.3 Å². The van der Waals surface area contributed by atoms with Gasteiger partial charge in [0.25, 0.3) is 0 Å². The van der Waals surface area contributed by atoms with E-state index in [-0.39, 0.29) is 5.92 Å². The SMILES string of the molecule is CC(C)CC(CNCc1cc2ccccc2s1)C(=O)O. The van der Waals surface area contributed by atoms with Crippen molar-refractivity contribution >= 4 is 27.4 Å². The Hall–Kier alpha value is -1.39. The summed E-state index contributed by atoms with van der Waals surface area (Å²) in [6, 6.07) is 10.5. The summed E-state index contributed by atoms with van der Waals surface area (Å²) in [5.41, 5.74) is 0. The molecule has 0 radical (unpaired) electrons. The molecule has 0 spiro atoms. The van der Waals surface area contributed by atoms with E-state index in [0.717, 1.165) is 13.0 Å². The minimum absolute atomic E-state index is 0.302. The number of nitrogens with one attached hydrogen (secondary N) is 1. The summed E-state index contributed by atoms with van der Waals surface area (Å²) in [5, 5.41) is 13.7. The number of thiophene rings is 1. The Balaban J connectivity index is 1.89. The topological polar surface area (TPSA) is 49.3 Å². The second-order valence-corrected chi connectivity index (χ2v) is 6.71. The molecule has 4 heteroatoms. The van der Waals surface area contributed by atoms with E-state index < -0.39 is 5.97 Å². The molecule has 1 unspecified atom stereocenters. The van der Waals surface area contributed by atoms with Gasteiger partial charge in [-0.15, -0.1) is 11.3 Å². The summed E-state index contributed by atoms with van der Waals surface area (Å²) in [6.07, 6.45) is 0.717. The van der Waals surface area contributed by atoms with Crippen molar-refractivity contribution in [2.75, 3.05) is 6.54 Å². The Labute approximate surface area is 123 Å². The van der Waals surface area contributed by atoms with Gasteiger partial charge in [-0.2, -0.15) is 0 Å². The molecule has 2 aromatic rings. The number of hydrogen-bond acceptors (Lipinski definition) is 3. The van der Waals surface area contributed by atoms with Crippen molar-refractivity contribution in [3.63, 3.8) is 0 Å². The normalized spacial score (nSPS) is 12.9. The van der Waals surface area contributed by atoms with Crippen LogP contribution in [0.2, 0.25) is 0 Å². The molecule has 2 rings (SSSR count). The lowest BCUT2D eigenvalue weighted by atomic mass is 9.97. The number of hydrogen-bond donors (Lipinski definition) is 2. The fraction of sp³-hybridized carbons (Fsp3) is 0.438. The fourth-order valence-corrected chi connectivity index (χ4v) is 3.37. The van der Waals surface area contributed by atoms with Crippen LogP contribution in [0.4, 0.5) is 0 Å². The molecule has 0 amide bonds. The number of benzene rings is 1. The second kappa shape index (κ2) is 6.86. The van der Waals surface area contributed by atoms with Crippen molar-refractivity contribution in [1.29, 1.82) is 0 Å². The van der Waals surface area contributed by atoms with Gasteiger partial charge >= 0.3 is 5.97 Å². The molecule has 0 aliphatic rings. The molecule has 0 aliphatic carbocycles. The van der Waals surface area contributed by atoms with E-state index in [4.69, 9.17) is 0 Å². The van der Waals surface area contributed by atoms with Crippen LogP contribution in [-0.4, -0.2) is 17.6 Å². The summed E-state index contributed by atoms with van der Waals surface area (Å²) in [6.45, 7) is 5.38. The van der Waals surface area contributed by atoms with E-state index in [1.807, 2.05) is 12.1 Å². The van der Waals surface area contributed by atoms with Crippen LogP contribution in [0.5, 0.6) is 0 Å². The minimum atomic E-state index is -0.706. The third kappa shape index (κ3) is 4.05. The summed E-state index contributed by atoms with van der Waals surface area (Å²) >= 11 is 1.76. The Kier molecular flexibility index (Phi) is 5.15. The van der Waals surface area contributed by atoms with Crippen LogP contribution in [-0.2, 0) is 11.3 Å². The van der Waals surface area contributed by atoms with Crippen molar-refractivity contribution in [2.24, 2.45) is 11.8 Å². The van der Waals surface area contributed by atoms with Gasteiger partial charge in [0.1, 0.15) is 0 Å². The maximum absolute atomic E-state index is 11.2. The average Bonchev–Trinajstić information content (AvgIpc) is 2.79. The highest BCUT2D eigenvalue weighted by Gasteiger charge is 2.18. The molecule has 108 valence electrons. The zero-order valence-corrected chi connectivity index (χ0v) is 12.7. The molecule has 0 saturated heterocycles. The second-order valence-electron chi connectivity index (χ2n) is 5.55. The van der Waals surface area contributed by atoms with Gasteiger partial charge in [-0.1, -0.05) is 32.0 Å². The molecule has 1 aromatic heterocycles. The first-order valence-electron chi connectivity index (χ1n) is 6.97. The predicted octanol–water partition coefficient (Wildman–Crippen LogP) is 3.74. The Bertz CT molecular complexity index is 544. The van der Waals surface area contributed by atoms with Crippen LogP contribution in [0.3, 0.4) is 0 Å². The van der Waals surface area contributed by atoms with Gasteiger partial charge in [0.15, 0.2) is 0 Å². The van der Waals surface area contributed by atoms with Crippen LogP contribution < -0.4 is 5.32 Å². The Morgan fingerprint density at radius 1 is 1.35 bits per heavy atom. The maximum Gasteiger partial charge on any atom is 0.307 e. The fourth-order valence-electron chi connectivity index (χ4n) is 2.33. The third-order valence-corrected chi connectivity index (χ3v) is 4.39. The Morgan fingerprint density at radius 2 is 2.10 bits per heavy atom. The number of aliphatic carboxylic acids is 1. The molecule has 2 N–H and O–H groups in total. The monoisotopic (exact) mass is 291 g/mol. The number of carbonyl (C=O) groups is 1. The summed E-state index contributed by atoms with van der Waals surface area (Å²) in [4.78, 5) is 12.4. The van der Waals surface area contributed by atoms with Gasteiger partial charge < -0.3 is 10.4 Å². The molecule has 20 heavy (non-hydrogen) atoms. The lowest BCUT2D eigenvalue weighted by molar-refractivity contribution is -0.142. The maximum atomic E-state index is 11.2. The van der Waals surface area contributed by atoms with Crippen molar-refractivity contribution in [2.45, 2.75) is 26.8 Å². The van der Waals surface area contributed by atoms with Crippen molar-refractivity contribution in [3.05, 3.63) is 35.2 Å². The number of fused-ring (bicyclic) bond motifs is 1. The summed E-state index contributed by atoms with van der Waals surface area (Å²) in [7, 11) is 0. The highest BCUT2D eigenvalue weighted by Crippen LogP contribution is 2.25. The number of rotatable bonds is 7. The van der Waals surface area contributed by atoms with Crippen LogP contribution in [0.1, 0.15) is 25.1 Å². The molecule has 3 nitrogen and oxygen atoms in total. The van der Waals surface area contributed by atoms with Crippen LogP contribution in [0.15, 0.2) is 30.3 Å². The van der Waals surface area contributed by atoms with Crippen molar-refractivity contribution < 1.29 is 9.90 Å². The first kappa shape index (κ1) is 15.0. The van der Waals surface area contributed by atoms with E-state index in [1.165, 1.54) is 15.0 Å². The Morgan fingerprint density at radius 3 is 2.75 bits per heavy atom.